The highest BCUT2D eigenvalue weighted by Gasteiger charge is 2.29. The van der Waals surface area contributed by atoms with Crippen LogP contribution < -0.4 is 10.6 Å². The zero-order chi connectivity index (χ0) is 9.84. The summed E-state index contributed by atoms with van der Waals surface area (Å²) in [5, 5.41) is 6.05. The van der Waals surface area contributed by atoms with E-state index < -0.39 is 0 Å². The third kappa shape index (κ3) is 2.59. The Balaban J connectivity index is 2.36. The SMILES string of the molecule is CNCCC1CN(C(C)C)C(=O)N1. The average Bonchev–Trinajstić information content (AvgIpc) is 2.43. The molecule has 76 valence electrons. The Morgan fingerprint density at radius 3 is 2.85 bits per heavy atom. The fraction of sp³-hybridized carbons (Fsp3) is 0.889. The van der Waals surface area contributed by atoms with Crippen molar-refractivity contribution in [2.75, 3.05) is 20.1 Å². The van der Waals surface area contributed by atoms with Crippen LogP contribution in [-0.2, 0) is 0 Å². The molecule has 0 aliphatic carbocycles. The number of nitrogens with one attached hydrogen (secondary N) is 2. The molecule has 1 saturated heterocycles. The van der Waals surface area contributed by atoms with Crippen LogP contribution in [0.1, 0.15) is 20.3 Å². The highest BCUT2D eigenvalue weighted by atomic mass is 16.2. The summed E-state index contributed by atoms with van der Waals surface area (Å²) in [5.74, 6) is 0. The molecule has 4 nitrogen and oxygen atoms in total. The number of carbonyl (C=O) groups is 1. The second-order valence-electron chi connectivity index (χ2n) is 3.78. The van der Waals surface area contributed by atoms with Gasteiger partial charge in [-0.3, -0.25) is 0 Å². The van der Waals surface area contributed by atoms with Gasteiger partial charge in [0.2, 0.25) is 0 Å². The van der Waals surface area contributed by atoms with Gasteiger partial charge >= 0.3 is 6.03 Å². The molecule has 2 amide bonds. The van der Waals surface area contributed by atoms with Gasteiger partial charge in [-0.2, -0.15) is 0 Å². The number of urea groups is 1. The fourth-order valence-electron chi connectivity index (χ4n) is 1.55. The summed E-state index contributed by atoms with van der Waals surface area (Å²) < 4.78 is 0. The van der Waals surface area contributed by atoms with Gasteiger partial charge in [0.05, 0.1) is 0 Å². The summed E-state index contributed by atoms with van der Waals surface area (Å²) in [7, 11) is 1.93. The van der Waals surface area contributed by atoms with Crippen molar-refractivity contribution in [3.05, 3.63) is 0 Å². The molecule has 0 radical (unpaired) electrons. The first-order valence-corrected chi connectivity index (χ1v) is 4.87. The number of hydrogen-bond acceptors (Lipinski definition) is 2. The molecule has 1 aliphatic heterocycles. The first-order chi connectivity index (χ1) is 6.15. The summed E-state index contributed by atoms with van der Waals surface area (Å²) in [6.07, 6.45) is 1.01. The largest absolute Gasteiger partial charge is 0.333 e. The molecule has 2 N–H and O–H groups in total. The number of nitrogens with zero attached hydrogens (tertiary/aromatic N) is 1. The molecule has 1 fully saturated rings. The summed E-state index contributed by atoms with van der Waals surface area (Å²) in [5.41, 5.74) is 0. The van der Waals surface area contributed by atoms with Gasteiger partial charge < -0.3 is 15.5 Å². The van der Waals surface area contributed by atoms with Crippen LogP contribution >= 0.6 is 0 Å². The van der Waals surface area contributed by atoms with E-state index in [2.05, 4.69) is 10.6 Å². The second kappa shape index (κ2) is 4.46. The van der Waals surface area contributed by atoms with E-state index in [1.165, 1.54) is 0 Å². The first-order valence-electron chi connectivity index (χ1n) is 4.87. The van der Waals surface area contributed by atoms with Crippen LogP contribution in [0, 0.1) is 0 Å². The second-order valence-corrected chi connectivity index (χ2v) is 3.78. The molecule has 1 rings (SSSR count). The van der Waals surface area contributed by atoms with E-state index in [1.54, 1.807) is 0 Å². The van der Waals surface area contributed by atoms with Gasteiger partial charge in [-0.1, -0.05) is 0 Å². The molecular weight excluding hydrogens is 166 g/mol. The lowest BCUT2D eigenvalue weighted by Gasteiger charge is -2.18. The summed E-state index contributed by atoms with van der Waals surface area (Å²) in [6.45, 7) is 5.88. The number of hydrogen-bond donors (Lipinski definition) is 2. The lowest BCUT2D eigenvalue weighted by Crippen LogP contribution is -2.33. The van der Waals surface area contributed by atoms with Crippen molar-refractivity contribution >= 4 is 6.03 Å². The monoisotopic (exact) mass is 185 g/mol. The van der Waals surface area contributed by atoms with Crippen LogP contribution in [-0.4, -0.2) is 43.2 Å². The molecule has 1 heterocycles. The van der Waals surface area contributed by atoms with Crippen molar-refractivity contribution < 1.29 is 4.79 Å². The lowest BCUT2D eigenvalue weighted by molar-refractivity contribution is 0.205. The molecule has 0 aromatic rings. The Morgan fingerprint density at radius 2 is 2.38 bits per heavy atom. The van der Waals surface area contributed by atoms with Gasteiger partial charge in [-0.05, 0) is 33.9 Å². The fourth-order valence-corrected chi connectivity index (χ4v) is 1.55. The van der Waals surface area contributed by atoms with Crippen molar-refractivity contribution in [1.29, 1.82) is 0 Å². The highest BCUT2D eigenvalue weighted by Crippen LogP contribution is 2.09. The third-order valence-electron chi connectivity index (χ3n) is 2.37. The Bertz CT molecular complexity index is 182. The standard InChI is InChI=1S/C9H19N3O/c1-7(2)12-6-8(4-5-10-3)11-9(12)13/h7-8,10H,4-6H2,1-3H3,(H,11,13). The quantitative estimate of drug-likeness (QED) is 0.666. The minimum Gasteiger partial charge on any atom is -0.333 e. The predicted molar refractivity (Wildman–Crippen MR) is 52.7 cm³/mol. The molecule has 1 aliphatic rings. The maximum absolute atomic E-state index is 11.4. The van der Waals surface area contributed by atoms with Gasteiger partial charge in [0.15, 0.2) is 0 Å². The molecule has 13 heavy (non-hydrogen) atoms. The minimum absolute atomic E-state index is 0.0797. The van der Waals surface area contributed by atoms with Crippen LogP contribution in [0.2, 0.25) is 0 Å². The van der Waals surface area contributed by atoms with E-state index in [4.69, 9.17) is 0 Å². The molecular formula is C9H19N3O. The smallest absolute Gasteiger partial charge is 0.317 e. The Kier molecular flexibility index (Phi) is 3.54. The lowest BCUT2D eigenvalue weighted by atomic mass is 10.2. The highest BCUT2D eigenvalue weighted by molar-refractivity contribution is 5.77. The van der Waals surface area contributed by atoms with E-state index in [0.29, 0.717) is 12.1 Å². The Labute approximate surface area is 79.7 Å². The van der Waals surface area contributed by atoms with E-state index in [1.807, 2.05) is 25.8 Å². The summed E-state index contributed by atoms with van der Waals surface area (Å²) >= 11 is 0. The average molecular weight is 185 g/mol. The first kappa shape index (κ1) is 10.3. The number of carbonyl (C=O) groups excluding carboxylic acids is 1. The maximum Gasteiger partial charge on any atom is 0.317 e. The molecule has 0 saturated carbocycles. The van der Waals surface area contributed by atoms with Gasteiger partial charge in [0, 0.05) is 18.6 Å². The van der Waals surface area contributed by atoms with E-state index in [0.717, 1.165) is 19.5 Å². The maximum atomic E-state index is 11.4. The minimum atomic E-state index is 0.0797. The van der Waals surface area contributed by atoms with Crippen molar-refractivity contribution in [2.24, 2.45) is 0 Å². The predicted octanol–water partition coefficient (Wildman–Crippen LogP) is 0.398. The normalized spacial score (nSPS) is 22.6. The van der Waals surface area contributed by atoms with Crippen LogP contribution in [0.3, 0.4) is 0 Å². The van der Waals surface area contributed by atoms with Crippen LogP contribution in [0.15, 0.2) is 0 Å². The van der Waals surface area contributed by atoms with Gasteiger partial charge in [0.25, 0.3) is 0 Å². The van der Waals surface area contributed by atoms with Crippen molar-refractivity contribution in [3.63, 3.8) is 0 Å². The van der Waals surface area contributed by atoms with E-state index in [-0.39, 0.29) is 6.03 Å². The van der Waals surface area contributed by atoms with Gasteiger partial charge in [0.1, 0.15) is 0 Å². The van der Waals surface area contributed by atoms with Crippen molar-refractivity contribution in [3.8, 4) is 0 Å². The molecule has 4 heteroatoms. The molecule has 1 atom stereocenters. The van der Waals surface area contributed by atoms with Crippen molar-refractivity contribution in [2.45, 2.75) is 32.4 Å². The molecule has 0 bridgehead atoms. The summed E-state index contributed by atoms with van der Waals surface area (Å²) in [6, 6.07) is 0.707. The zero-order valence-electron chi connectivity index (χ0n) is 8.63. The summed E-state index contributed by atoms with van der Waals surface area (Å²) in [4.78, 5) is 13.3. The van der Waals surface area contributed by atoms with Crippen LogP contribution in [0.5, 0.6) is 0 Å². The molecule has 1 unspecified atom stereocenters. The van der Waals surface area contributed by atoms with E-state index >= 15 is 0 Å². The molecule has 0 spiro atoms. The van der Waals surface area contributed by atoms with Gasteiger partial charge in [-0.25, -0.2) is 4.79 Å². The number of rotatable bonds is 4. The number of amides is 2. The van der Waals surface area contributed by atoms with Gasteiger partial charge in [-0.15, -0.1) is 0 Å². The molecule has 0 aromatic heterocycles. The third-order valence-corrected chi connectivity index (χ3v) is 2.37. The van der Waals surface area contributed by atoms with Crippen LogP contribution in [0.25, 0.3) is 0 Å². The topological polar surface area (TPSA) is 44.4 Å². The van der Waals surface area contributed by atoms with E-state index in [9.17, 15) is 4.79 Å². The molecule has 0 aromatic carbocycles. The van der Waals surface area contributed by atoms with Crippen molar-refractivity contribution in [1.82, 2.24) is 15.5 Å². The van der Waals surface area contributed by atoms with Crippen LogP contribution in [0.4, 0.5) is 4.79 Å². The Hall–Kier alpha value is -0.770. The zero-order valence-corrected chi connectivity index (χ0v) is 8.63. The Morgan fingerprint density at radius 1 is 1.69 bits per heavy atom.